The van der Waals surface area contributed by atoms with Gasteiger partial charge in [0.05, 0.1) is 18.8 Å². The number of alkyl halides is 2. The predicted octanol–water partition coefficient (Wildman–Crippen LogP) is 0.758. The van der Waals surface area contributed by atoms with Gasteiger partial charge in [-0.15, -0.1) is 0 Å². The second-order valence-corrected chi connectivity index (χ2v) is 9.12. The third kappa shape index (κ3) is 6.90. The summed E-state index contributed by atoms with van der Waals surface area (Å²) in [5.74, 6) is 0.225. The molecule has 0 aliphatic carbocycles. The van der Waals surface area contributed by atoms with Crippen LogP contribution in [0.1, 0.15) is 25.0 Å². The molecule has 13 nitrogen and oxygen atoms in total. The van der Waals surface area contributed by atoms with E-state index < -0.39 is 12.1 Å². The Bertz CT molecular complexity index is 1190. The van der Waals surface area contributed by atoms with E-state index in [0.29, 0.717) is 83.8 Å². The van der Waals surface area contributed by atoms with Crippen LogP contribution >= 0.6 is 0 Å². The molecule has 2 aliphatic heterocycles. The first-order valence-electron chi connectivity index (χ1n) is 12.7. The largest absolute Gasteiger partial charge is 0.378 e. The van der Waals surface area contributed by atoms with Crippen LogP contribution in [0.4, 0.5) is 26.6 Å². The van der Waals surface area contributed by atoms with Crippen molar-refractivity contribution in [2.24, 2.45) is 0 Å². The van der Waals surface area contributed by atoms with Crippen LogP contribution in [-0.4, -0.2) is 113 Å². The van der Waals surface area contributed by atoms with E-state index in [1.165, 1.54) is 17.2 Å². The normalized spacial score (nSPS) is 15.9. The van der Waals surface area contributed by atoms with E-state index in [1.54, 1.807) is 11.9 Å². The van der Waals surface area contributed by atoms with E-state index >= 15 is 0 Å². The van der Waals surface area contributed by atoms with Gasteiger partial charge in [-0.25, -0.2) is 18.7 Å². The molecule has 0 bridgehead atoms. The molecule has 0 radical (unpaired) electrons. The Kier molecular flexibility index (Phi) is 9.11. The summed E-state index contributed by atoms with van der Waals surface area (Å²) >= 11 is 0. The lowest BCUT2D eigenvalue weighted by Gasteiger charge is -2.35. The van der Waals surface area contributed by atoms with Crippen LogP contribution in [0.15, 0.2) is 18.9 Å². The zero-order chi connectivity index (χ0) is 27.9. The number of nitrogen functional groups attached to an aromatic ring is 1. The molecule has 0 spiro atoms. The van der Waals surface area contributed by atoms with Crippen LogP contribution in [0.25, 0.3) is 11.4 Å². The fourth-order valence-electron chi connectivity index (χ4n) is 4.32. The summed E-state index contributed by atoms with van der Waals surface area (Å²) < 4.78 is 33.0. The number of piperazine rings is 1. The first kappa shape index (κ1) is 28.0. The topological polar surface area (TPSA) is 147 Å². The van der Waals surface area contributed by atoms with E-state index in [9.17, 15) is 18.4 Å². The average Bonchev–Trinajstić information content (AvgIpc) is 2.96. The summed E-state index contributed by atoms with van der Waals surface area (Å²) in [6.07, 6.45) is 0.404. The summed E-state index contributed by atoms with van der Waals surface area (Å²) in [7, 11) is 1.67. The molecule has 0 unspecified atom stereocenters. The van der Waals surface area contributed by atoms with Crippen LogP contribution in [0.2, 0.25) is 0 Å². The maximum atomic E-state index is 13.8. The second-order valence-electron chi connectivity index (χ2n) is 9.12. The van der Waals surface area contributed by atoms with Crippen LogP contribution in [0.5, 0.6) is 0 Å². The van der Waals surface area contributed by atoms with Gasteiger partial charge in [0.1, 0.15) is 5.69 Å². The Labute approximate surface area is 224 Å². The molecule has 2 amide bonds. The summed E-state index contributed by atoms with van der Waals surface area (Å²) in [6, 6.07) is 0. The molecule has 0 saturated carbocycles. The third-order valence-electron chi connectivity index (χ3n) is 6.54. The van der Waals surface area contributed by atoms with Gasteiger partial charge in [0.2, 0.25) is 29.7 Å². The Morgan fingerprint density at radius 3 is 2.33 bits per heavy atom. The van der Waals surface area contributed by atoms with Gasteiger partial charge in [0.25, 0.3) is 6.43 Å². The van der Waals surface area contributed by atoms with Crippen molar-refractivity contribution in [1.29, 1.82) is 0 Å². The third-order valence-corrected chi connectivity index (χ3v) is 6.54. The number of halogens is 2. The summed E-state index contributed by atoms with van der Waals surface area (Å²) in [5, 5.41) is 0. The number of aromatic nitrogens is 5. The molecule has 39 heavy (non-hydrogen) atoms. The zero-order valence-electron chi connectivity index (χ0n) is 21.8. The quantitative estimate of drug-likeness (QED) is 0.445. The van der Waals surface area contributed by atoms with Gasteiger partial charge in [-0.1, -0.05) is 6.58 Å². The van der Waals surface area contributed by atoms with E-state index in [-0.39, 0.29) is 29.2 Å². The maximum Gasteiger partial charge on any atom is 0.281 e. The van der Waals surface area contributed by atoms with Gasteiger partial charge in [-0.3, -0.25) is 9.59 Å². The van der Waals surface area contributed by atoms with Crippen molar-refractivity contribution in [3.05, 3.63) is 24.5 Å². The number of amides is 2. The van der Waals surface area contributed by atoms with Crippen molar-refractivity contribution < 1.29 is 23.1 Å². The summed E-state index contributed by atoms with van der Waals surface area (Å²) in [4.78, 5) is 52.6. The lowest BCUT2D eigenvalue weighted by atomic mass is 10.2. The minimum absolute atomic E-state index is 0.0000387. The molecular weight excluding hydrogens is 514 g/mol. The predicted molar refractivity (Wildman–Crippen MR) is 139 cm³/mol. The highest BCUT2D eigenvalue weighted by Crippen LogP contribution is 2.30. The number of nitrogens with two attached hydrogens (primary N) is 1. The Morgan fingerprint density at radius 1 is 1.08 bits per heavy atom. The number of likely N-dealkylation sites (N-methyl/N-ethyl adjacent to an activating group) is 1. The molecule has 2 N–H and O–H groups in total. The second kappa shape index (κ2) is 12.7. The minimum Gasteiger partial charge on any atom is -0.378 e. The minimum atomic E-state index is -2.90. The standard InChI is InChI=1S/C24H32F2N10O3/c1-3-17(37)33(2)6-4-5-18(38)34-7-9-35(10-8-34)23-30-21(16-15-28-22(27)29-19(16)20(25)26)31-24(32-23)36-11-13-39-14-12-36/h3,15,20H,1,4-14H2,2H3,(H2,27,28,29). The number of carbonyl (C=O) groups excluding carboxylic acids is 2. The molecule has 4 rings (SSSR count). The smallest absolute Gasteiger partial charge is 0.281 e. The maximum absolute atomic E-state index is 13.8. The Morgan fingerprint density at radius 2 is 1.72 bits per heavy atom. The number of nitrogens with zero attached hydrogens (tertiary/aromatic N) is 9. The van der Waals surface area contributed by atoms with Crippen LogP contribution in [0, 0.1) is 0 Å². The number of ether oxygens (including phenoxy) is 1. The zero-order valence-corrected chi connectivity index (χ0v) is 21.8. The number of hydrogen-bond acceptors (Lipinski definition) is 11. The summed E-state index contributed by atoms with van der Waals surface area (Å²) in [6.45, 7) is 7.77. The molecule has 0 atom stereocenters. The van der Waals surface area contributed by atoms with Gasteiger partial charge < -0.3 is 30.1 Å². The first-order chi connectivity index (χ1) is 18.8. The molecule has 210 valence electrons. The van der Waals surface area contributed by atoms with Gasteiger partial charge in [0.15, 0.2) is 5.82 Å². The van der Waals surface area contributed by atoms with E-state index in [1.807, 2.05) is 9.80 Å². The molecule has 2 fully saturated rings. The van der Waals surface area contributed by atoms with E-state index in [0.717, 1.165) is 0 Å². The Hall–Kier alpha value is -4.01. The Balaban J connectivity index is 1.50. The number of carbonyl (C=O) groups is 2. The van der Waals surface area contributed by atoms with Crippen molar-refractivity contribution in [2.45, 2.75) is 19.3 Å². The summed E-state index contributed by atoms with van der Waals surface area (Å²) in [5.41, 5.74) is 4.97. The van der Waals surface area contributed by atoms with Gasteiger partial charge >= 0.3 is 0 Å². The average molecular weight is 547 g/mol. The lowest BCUT2D eigenvalue weighted by molar-refractivity contribution is -0.132. The molecule has 2 aromatic rings. The molecule has 2 saturated heterocycles. The SMILES string of the molecule is C=CC(=O)N(C)CCCC(=O)N1CCN(c2nc(-c3cnc(N)nc3C(F)F)nc(N3CCOCC3)n2)CC1. The molecule has 4 heterocycles. The highest BCUT2D eigenvalue weighted by molar-refractivity contribution is 5.86. The van der Waals surface area contributed by atoms with Crippen molar-refractivity contribution in [2.75, 3.05) is 81.6 Å². The van der Waals surface area contributed by atoms with Crippen LogP contribution in [-0.2, 0) is 14.3 Å². The fourth-order valence-corrected chi connectivity index (χ4v) is 4.32. The van der Waals surface area contributed by atoms with E-state index in [2.05, 4.69) is 31.5 Å². The van der Waals surface area contributed by atoms with Gasteiger partial charge in [0, 0.05) is 65.5 Å². The number of hydrogen-bond donors (Lipinski definition) is 1. The number of rotatable bonds is 9. The van der Waals surface area contributed by atoms with Crippen molar-refractivity contribution in [3.63, 3.8) is 0 Å². The fraction of sp³-hybridized carbons (Fsp3) is 0.542. The number of anilines is 3. The molecule has 0 aromatic carbocycles. The van der Waals surface area contributed by atoms with Crippen molar-refractivity contribution in [3.8, 4) is 11.4 Å². The van der Waals surface area contributed by atoms with Crippen molar-refractivity contribution >= 4 is 29.7 Å². The molecule has 2 aliphatic rings. The highest BCUT2D eigenvalue weighted by Gasteiger charge is 2.27. The van der Waals surface area contributed by atoms with Gasteiger partial charge in [-0.05, 0) is 12.5 Å². The van der Waals surface area contributed by atoms with Crippen LogP contribution < -0.4 is 15.5 Å². The molecular formula is C24H32F2N10O3. The first-order valence-corrected chi connectivity index (χ1v) is 12.7. The highest BCUT2D eigenvalue weighted by atomic mass is 19.3. The van der Waals surface area contributed by atoms with Gasteiger partial charge in [-0.2, -0.15) is 15.0 Å². The van der Waals surface area contributed by atoms with Crippen LogP contribution in [0.3, 0.4) is 0 Å². The molecule has 15 heteroatoms. The lowest BCUT2D eigenvalue weighted by Crippen LogP contribution is -2.49. The number of morpholine rings is 1. The monoisotopic (exact) mass is 546 g/mol. The molecule has 2 aromatic heterocycles. The van der Waals surface area contributed by atoms with E-state index in [4.69, 9.17) is 10.5 Å². The van der Waals surface area contributed by atoms with Crippen molar-refractivity contribution in [1.82, 2.24) is 34.7 Å².